The molecule has 0 aliphatic rings. The number of nitro benzene ring substituents is 1. The van der Waals surface area contributed by atoms with Crippen molar-refractivity contribution < 1.29 is 9.72 Å². The smallest absolute Gasteiger partial charge is 0.270 e. The van der Waals surface area contributed by atoms with Crippen molar-refractivity contribution in [2.45, 2.75) is 13.3 Å². The van der Waals surface area contributed by atoms with Crippen LogP contribution in [0.5, 0.6) is 0 Å². The second-order valence-corrected chi connectivity index (χ2v) is 5.71. The first kappa shape index (κ1) is 17.0. The van der Waals surface area contributed by atoms with E-state index in [1.807, 2.05) is 0 Å². The lowest BCUT2D eigenvalue weighted by Gasteiger charge is -2.04. The maximum absolute atomic E-state index is 12.0. The van der Waals surface area contributed by atoms with Gasteiger partial charge in [-0.3, -0.25) is 14.9 Å². The Bertz CT molecular complexity index is 687. The van der Waals surface area contributed by atoms with E-state index in [2.05, 4.69) is 22.5 Å². The predicted octanol–water partition coefficient (Wildman–Crippen LogP) is 2.45. The first-order valence-electron chi connectivity index (χ1n) is 7.31. The Hall–Kier alpha value is -2.32. The number of carbonyl (C=O) groups excluding carboxylic acids is 1. The highest BCUT2D eigenvalue weighted by Crippen LogP contribution is 2.26. The third kappa shape index (κ3) is 4.83. The van der Waals surface area contributed by atoms with Crippen LogP contribution in [0.25, 0.3) is 10.6 Å². The molecular formula is C15H18N4O3S. The average molecular weight is 334 g/mol. The lowest BCUT2D eigenvalue weighted by Crippen LogP contribution is -2.32. The van der Waals surface area contributed by atoms with Crippen LogP contribution in [-0.2, 0) is 0 Å². The maximum Gasteiger partial charge on any atom is 0.270 e. The van der Waals surface area contributed by atoms with E-state index in [4.69, 9.17) is 0 Å². The Kier molecular flexibility index (Phi) is 6.19. The monoisotopic (exact) mass is 334 g/mol. The minimum absolute atomic E-state index is 0.00528. The Morgan fingerprint density at radius 1 is 1.35 bits per heavy atom. The Morgan fingerprint density at radius 2 is 2.17 bits per heavy atom. The van der Waals surface area contributed by atoms with Gasteiger partial charge in [-0.25, -0.2) is 4.98 Å². The quantitative estimate of drug-likeness (QED) is 0.439. The number of rotatable bonds is 8. The first-order valence-corrected chi connectivity index (χ1v) is 8.19. The number of nitrogens with zero attached hydrogens (tertiary/aromatic N) is 2. The molecule has 0 aliphatic heterocycles. The fraction of sp³-hybridized carbons (Fsp3) is 0.333. The maximum atomic E-state index is 12.0. The summed E-state index contributed by atoms with van der Waals surface area (Å²) in [5.74, 6) is -0.240. The molecule has 1 amide bonds. The van der Waals surface area contributed by atoms with Crippen molar-refractivity contribution in [1.82, 2.24) is 15.6 Å². The fourth-order valence-electron chi connectivity index (χ4n) is 1.92. The van der Waals surface area contributed by atoms with Gasteiger partial charge in [0.2, 0.25) is 0 Å². The standard InChI is InChI=1S/C15H18N4O3S/c1-2-6-16-7-8-17-14(20)13-10-23-15(18-13)11-4-3-5-12(9-11)19(21)22/h3-5,9-10,16H,2,6-8H2,1H3,(H,17,20). The average Bonchev–Trinajstić information content (AvgIpc) is 3.04. The number of nitro groups is 1. The van der Waals surface area contributed by atoms with Crippen molar-refractivity contribution in [3.8, 4) is 10.6 Å². The second-order valence-electron chi connectivity index (χ2n) is 4.85. The SMILES string of the molecule is CCCNCCNC(=O)c1csc(-c2cccc([N+](=O)[O-])c2)n1. The van der Waals surface area contributed by atoms with Gasteiger partial charge in [0.15, 0.2) is 0 Å². The summed E-state index contributed by atoms with van der Waals surface area (Å²) < 4.78 is 0. The number of hydrogen-bond acceptors (Lipinski definition) is 6. The highest BCUT2D eigenvalue weighted by atomic mass is 32.1. The van der Waals surface area contributed by atoms with E-state index in [9.17, 15) is 14.9 Å². The van der Waals surface area contributed by atoms with Crippen LogP contribution in [0.1, 0.15) is 23.8 Å². The van der Waals surface area contributed by atoms with E-state index in [1.165, 1.54) is 23.5 Å². The summed E-state index contributed by atoms with van der Waals surface area (Å²) in [7, 11) is 0. The summed E-state index contributed by atoms with van der Waals surface area (Å²) in [6, 6.07) is 6.22. The van der Waals surface area contributed by atoms with E-state index in [-0.39, 0.29) is 11.6 Å². The minimum atomic E-state index is -0.450. The lowest BCUT2D eigenvalue weighted by atomic mass is 10.2. The Labute approximate surface area is 137 Å². The Balaban J connectivity index is 1.98. The molecule has 23 heavy (non-hydrogen) atoms. The molecule has 1 aromatic carbocycles. The number of aromatic nitrogens is 1. The molecule has 2 N–H and O–H groups in total. The topological polar surface area (TPSA) is 97.2 Å². The lowest BCUT2D eigenvalue weighted by molar-refractivity contribution is -0.384. The molecule has 0 atom stereocenters. The van der Waals surface area contributed by atoms with E-state index < -0.39 is 4.92 Å². The van der Waals surface area contributed by atoms with Crippen LogP contribution < -0.4 is 10.6 Å². The number of non-ortho nitro benzene ring substituents is 1. The van der Waals surface area contributed by atoms with Gasteiger partial charge in [0, 0.05) is 36.2 Å². The number of carbonyl (C=O) groups is 1. The van der Waals surface area contributed by atoms with Crippen molar-refractivity contribution in [2.75, 3.05) is 19.6 Å². The molecule has 2 rings (SSSR count). The zero-order valence-electron chi connectivity index (χ0n) is 12.7. The van der Waals surface area contributed by atoms with Crippen molar-refractivity contribution in [2.24, 2.45) is 0 Å². The Morgan fingerprint density at radius 3 is 2.91 bits per heavy atom. The van der Waals surface area contributed by atoms with E-state index in [0.717, 1.165) is 13.0 Å². The third-order valence-electron chi connectivity index (χ3n) is 3.05. The summed E-state index contributed by atoms with van der Waals surface area (Å²) in [5, 5.41) is 19.0. The van der Waals surface area contributed by atoms with Gasteiger partial charge in [0.05, 0.1) is 4.92 Å². The van der Waals surface area contributed by atoms with Gasteiger partial charge >= 0.3 is 0 Å². The van der Waals surface area contributed by atoms with E-state index in [0.29, 0.717) is 29.4 Å². The molecule has 0 saturated heterocycles. The summed E-state index contributed by atoms with van der Waals surface area (Å²) >= 11 is 1.29. The third-order valence-corrected chi connectivity index (χ3v) is 3.95. The van der Waals surface area contributed by atoms with Gasteiger partial charge in [-0.2, -0.15) is 0 Å². The van der Waals surface area contributed by atoms with Crippen LogP contribution in [0.15, 0.2) is 29.6 Å². The highest BCUT2D eigenvalue weighted by molar-refractivity contribution is 7.13. The zero-order valence-corrected chi connectivity index (χ0v) is 13.6. The molecule has 0 unspecified atom stereocenters. The summed E-state index contributed by atoms with van der Waals surface area (Å²) in [6.07, 6.45) is 1.05. The van der Waals surface area contributed by atoms with Gasteiger partial charge in [0.25, 0.3) is 11.6 Å². The van der Waals surface area contributed by atoms with Crippen molar-refractivity contribution in [3.05, 3.63) is 45.5 Å². The van der Waals surface area contributed by atoms with Crippen LogP contribution in [0.3, 0.4) is 0 Å². The molecule has 0 radical (unpaired) electrons. The number of benzene rings is 1. The first-order chi connectivity index (χ1) is 11.1. The molecule has 8 heteroatoms. The van der Waals surface area contributed by atoms with Crippen molar-refractivity contribution in [1.29, 1.82) is 0 Å². The summed E-state index contributed by atoms with van der Waals surface area (Å²) in [5.41, 5.74) is 0.963. The molecule has 0 fully saturated rings. The largest absolute Gasteiger partial charge is 0.349 e. The number of nitrogens with one attached hydrogen (secondary N) is 2. The number of amides is 1. The molecule has 7 nitrogen and oxygen atoms in total. The molecule has 0 saturated carbocycles. The zero-order chi connectivity index (χ0) is 16.7. The number of hydrogen-bond donors (Lipinski definition) is 2. The van der Waals surface area contributed by atoms with E-state index in [1.54, 1.807) is 17.5 Å². The van der Waals surface area contributed by atoms with Crippen LogP contribution in [0.4, 0.5) is 5.69 Å². The van der Waals surface area contributed by atoms with E-state index >= 15 is 0 Å². The summed E-state index contributed by atoms with van der Waals surface area (Å²) in [6.45, 7) is 4.24. The molecule has 122 valence electrons. The molecule has 0 spiro atoms. The minimum Gasteiger partial charge on any atom is -0.349 e. The molecule has 1 aromatic heterocycles. The van der Waals surface area contributed by atoms with Crippen molar-refractivity contribution >= 4 is 22.9 Å². The normalized spacial score (nSPS) is 10.5. The predicted molar refractivity (Wildman–Crippen MR) is 89.7 cm³/mol. The van der Waals surface area contributed by atoms with Crippen LogP contribution in [0, 0.1) is 10.1 Å². The van der Waals surface area contributed by atoms with Crippen LogP contribution in [-0.4, -0.2) is 35.4 Å². The van der Waals surface area contributed by atoms with Gasteiger partial charge in [-0.05, 0) is 13.0 Å². The van der Waals surface area contributed by atoms with Gasteiger partial charge in [-0.15, -0.1) is 11.3 Å². The molecule has 0 aliphatic carbocycles. The molecule has 0 bridgehead atoms. The van der Waals surface area contributed by atoms with Crippen molar-refractivity contribution in [3.63, 3.8) is 0 Å². The van der Waals surface area contributed by atoms with Crippen LogP contribution >= 0.6 is 11.3 Å². The fourth-order valence-corrected chi connectivity index (χ4v) is 2.72. The van der Waals surface area contributed by atoms with Gasteiger partial charge in [-0.1, -0.05) is 19.1 Å². The van der Waals surface area contributed by atoms with Gasteiger partial charge < -0.3 is 10.6 Å². The highest BCUT2D eigenvalue weighted by Gasteiger charge is 2.13. The van der Waals surface area contributed by atoms with Crippen LogP contribution in [0.2, 0.25) is 0 Å². The molecule has 1 heterocycles. The number of thiazole rings is 1. The molecule has 2 aromatic rings. The van der Waals surface area contributed by atoms with Gasteiger partial charge in [0.1, 0.15) is 10.7 Å². The second kappa shape index (κ2) is 8.35. The molecular weight excluding hydrogens is 316 g/mol. The summed E-state index contributed by atoms with van der Waals surface area (Å²) in [4.78, 5) is 26.6.